The van der Waals surface area contributed by atoms with E-state index in [2.05, 4.69) is 5.16 Å². The molecule has 1 aliphatic rings. The summed E-state index contributed by atoms with van der Waals surface area (Å²) in [6, 6.07) is 9.61. The van der Waals surface area contributed by atoms with Crippen molar-refractivity contribution in [1.82, 2.24) is 9.80 Å². The van der Waals surface area contributed by atoms with Crippen molar-refractivity contribution in [3.63, 3.8) is 0 Å². The predicted molar refractivity (Wildman–Crippen MR) is 97.6 cm³/mol. The number of allylic oxidation sites excluding steroid dienone is 2. The van der Waals surface area contributed by atoms with Gasteiger partial charge in [0.1, 0.15) is 12.8 Å². The van der Waals surface area contributed by atoms with Crippen molar-refractivity contribution in [2.75, 3.05) is 20.1 Å². The first-order valence-corrected chi connectivity index (χ1v) is 8.36. The molecule has 0 bridgehead atoms. The van der Waals surface area contributed by atoms with E-state index in [1.54, 1.807) is 30.3 Å². The minimum Gasteiger partial charge on any atom is -0.391 e. The van der Waals surface area contributed by atoms with Crippen LogP contribution in [0.1, 0.15) is 19.4 Å². The lowest BCUT2D eigenvalue weighted by Gasteiger charge is -2.37. The molecular weight excluding hydrogens is 318 g/mol. The molecule has 1 N–H and O–H groups in total. The molecular formula is C19H25N3O3. The highest BCUT2D eigenvalue weighted by molar-refractivity contribution is 6.01. The smallest absolute Gasteiger partial charge is 0.255 e. The number of benzene rings is 1. The maximum Gasteiger partial charge on any atom is 0.255 e. The molecule has 1 aromatic carbocycles. The fourth-order valence-electron chi connectivity index (χ4n) is 2.56. The standard InChI is InChI=1S/C19H25N3O3/c1-4-22(5-2)18(23)17-12-9-13-21(3)19(17,24)15-20-25-14-16-10-7-6-8-11-16/h6-13,15,24H,4-5,14H2,1-3H3. The van der Waals surface area contributed by atoms with Gasteiger partial charge in [0.15, 0.2) is 0 Å². The third-order valence-electron chi connectivity index (χ3n) is 4.17. The van der Waals surface area contributed by atoms with Gasteiger partial charge < -0.3 is 19.7 Å². The highest BCUT2D eigenvalue weighted by Gasteiger charge is 2.40. The Labute approximate surface area is 148 Å². The second kappa shape index (κ2) is 8.48. The molecule has 0 fully saturated rings. The van der Waals surface area contributed by atoms with Crippen molar-refractivity contribution in [2.24, 2.45) is 5.16 Å². The summed E-state index contributed by atoms with van der Waals surface area (Å²) in [4.78, 5) is 21.2. The van der Waals surface area contributed by atoms with Crippen LogP contribution in [0.5, 0.6) is 0 Å². The molecule has 25 heavy (non-hydrogen) atoms. The topological polar surface area (TPSA) is 65.4 Å². The molecule has 1 heterocycles. The molecule has 0 radical (unpaired) electrons. The zero-order valence-corrected chi connectivity index (χ0v) is 14.9. The van der Waals surface area contributed by atoms with Crippen LogP contribution >= 0.6 is 0 Å². The highest BCUT2D eigenvalue weighted by atomic mass is 16.6. The number of hydrogen-bond acceptors (Lipinski definition) is 5. The van der Waals surface area contributed by atoms with Gasteiger partial charge in [0, 0.05) is 26.3 Å². The number of rotatable bonds is 7. The third-order valence-corrected chi connectivity index (χ3v) is 4.17. The number of carbonyl (C=O) groups is 1. The van der Waals surface area contributed by atoms with Gasteiger partial charge in [0.05, 0.1) is 5.57 Å². The van der Waals surface area contributed by atoms with Gasteiger partial charge in [-0.1, -0.05) is 35.5 Å². The van der Waals surface area contributed by atoms with Gasteiger partial charge in [-0.05, 0) is 31.6 Å². The Morgan fingerprint density at radius 3 is 2.64 bits per heavy atom. The number of nitrogens with zero attached hydrogens (tertiary/aromatic N) is 3. The highest BCUT2D eigenvalue weighted by Crippen LogP contribution is 2.25. The van der Waals surface area contributed by atoms with Gasteiger partial charge in [-0.3, -0.25) is 4.79 Å². The summed E-state index contributed by atoms with van der Waals surface area (Å²) in [6.07, 6.45) is 6.28. The molecule has 2 rings (SSSR count). The van der Waals surface area contributed by atoms with Gasteiger partial charge in [0.2, 0.25) is 5.72 Å². The summed E-state index contributed by atoms with van der Waals surface area (Å²) in [5, 5.41) is 14.9. The summed E-state index contributed by atoms with van der Waals surface area (Å²) in [6.45, 7) is 5.23. The fourth-order valence-corrected chi connectivity index (χ4v) is 2.56. The summed E-state index contributed by atoms with van der Waals surface area (Å²) < 4.78 is 0. The Kier molecular flexibility index (Phi) is 6.36. The molecule has 1 atom stereocenters. The normalized spacial score (nSPS) is 19.8. The monoisotopic (exact) mass is 343 g/mol. The van der Waals surface area contributed by atoms with Crippen LogP contribution in [0.4, 0.5) is 0 Å². The first kappa shape index (κ1) is 18.7. The van der Waals surface area contributed by atoms with Gasteiger partial charge in [0.25, 0.3) is 5.91 Å². The Hall–Kier alpha value is -2.60. The molecule has 0 saturated carbocycles. The molecule has 0 saturated heterocycles. The predicted octanol–water partition coefficient (Wildman–Crippen LogP) is 2.13. The maximum atomic E-state index is 12.7. The quantitative estimate of drug-likeness (QED) is 0.608. The fraction of sp³-hybridized carbons (Fsp3) is 0.368. The summed E-state index contributed by atoms with van der Waals surface area (Å²) in [5.41, 5.74) is -0.433. The lowest BCUT2D eigenvalue weighted by Crippen LogP contribution is -2.52. The molecule has 0 spiro atoms. The Morgan fingerprint density at radius 2 is 2.00 bits per heavy atom. The molecule has 6 heteroatoms. The number of hydrogen-bond donors (Lipinski definition) is 1. The second-order valence-electron chi connectivity index (χ2n) is 5.73. The molecule has 0 aromatic heterocycles. The van der Waals surface area contributed by atoms with Crippen LogP contribution in [0.25, 0.3) is 0 Å². The van der Waals surface area contributed by atoms with Crippen LogP contribution in [0.2, 0.25) is 0 Å². The summed E-state index contributed by atoms with van der Waals surface area (Å²) in [5.74, 6) is -0.224. The number of carbonyl (C=O) groups excluding carboxylic acids is 1. The average molecular weight is 343 g/mol. The largest absolute Gasteiger partial charge is 0.391 e. The minimum atomic E-state index is -1.65. The molecule has 1 unspecified atom stereocenters. The van der Waals surface area contributed by atoms with E-state index in [0.717, 1.165) is 5.56 Å². The lowest BCUT2D eigenvalue weighted by atomic mass is 9.98. The Bertz CT molecular complexity index is 666. The van der Waals surface area contributed by atoms with E-state index < -0.39 is 5.72 Å². The van der Waals surface area contributed by atoms with Gasteiger partial charge in [-0.2, -0.15) is 0 Å². The number of aliphatic hydroxyl groups is 1. The third kappa shape index (κ3) is 4.28. The van der Waals surface area contributed by atoms with Crippen LogP contribution in [0.15, 0.2) is 59.4 Å². The zero-order valence-electron chi connectivity index (χ0n) is 14.9. The van der Waals surface area contributed by atoms with Crippen molar-refractivity contribution in [2.45, 2.75) is 26.2 Å². The van der Waals surface area contributed by atoms with Crippen molar-refractivity contribution in [1.29, 1.82) is 0 Å². The zero-order chi connectivity index (χ0) is 18.3. The summed E-state index contributed by atoms with van der Waals surface area (Å²) in [7, 11) is 1.68. The Morgan fingerprint density at radius 1 is 1.32 bits per heavy atom. The average Bonchev–Trinajstić information content (AvgIpc) is 2.63. The number of oxime groups is 1. The van der Waals surface area contributed by atoms with E-state index in [1.165, 1.54) is 11.1 Å². The van der Waals surface area contributed by atoms with Gasteiger partial charge in [-0.15, -0.1) is 0 Å². The van der Waals surface area contributed by atoms with Gasteiger partial charge in [-0.25, -0.2) is 0 Å². The van der Waals surface area contributed by atoms with E-state index in [-0.39, 0.29) is 18.1 Å². The van der Waals surface area contributed by atoms with Crippen LogP contribution in [0.3, 0.4) is 0 Å². The van der Waals surface area contributed by atoms with E-state index >= 15 is 0 Å². The lowest BCUT2D eigenvalue weighted by molar-refractivity contribution is -0.130. The molecule has 134 valence electrons. The molecule has 1 aromatic rings. The van der Waals surface area contributed by atoms with E-state index in [0.29, 0.717) is 13.1 Å². The van der Waals surface area contributed by atoms with Crippen molar-refractivity contribution in [3.05, 3.63) is 59.8 Å². The molecule has 1 amide bonds. The first-order valence-electron chi connectivity index (χ1n) is 8.36. The van der Waals surface area contributed by atoms with Crippen LogP contribution < -0.4 is 0 Å². The molecule has 6 nitrogen and oxygen atoms in total. The molecule has 0 aliphatic carbocycles. The molecule has 1 aliphatic heterocycles. The van der Waals surface area contributed by atoms with Crippen molar-refractivity contribution >= 4 is 12.1 Å². The SMILES string of the molecule is CCN(CC)C(=O)C1=CC=CN(C)C1(O)C=NOCc1ccccc1. The van der Waals surface area contributed by atoms with Crippen molar-refractivity contribution in [3.8, 4) is 0 Å². The maximum absolute atomic E-state index is 12.7. The number of amides is 1. The second-order valence-corrected chi connectivity index (χ2v) is 5.73. The van der Waals surface area contributed by atoms with Gasteiger partial charge >= 0.3 is 0 Å². The van der Waals surface area contributed by atoms with Crippen LogP contribution in [0, 0.1) is 0 Å². The number of likely N-dealkylation sites (N-methyl/N-ethyl adjacent to an activating group) is 2. The van der Waals surface area contributed by atoms with Crippen LogP contribution in [-0.4, -0.2) is 52.9 Å². The van der Waals surface area contributed by atoms with E-state index in [1.807, 2.05) is 44.2 Å². The summed E-state index contributed by atoms with van der Waals surface area (Å²) >= 11 is 0. The van der Waals surface area contributed by atoms with E-state index in [4.69, 9.17) is 4.84 Å². The van der Waals surface area contributed by atoms with Crippen molar-refractivity contribution < 1.29 is 14.7 Å². The Balaban J connectivity index is 2.13. The minimum absolute atomic E-state index is 0.224. The van der Waals surface area contributed by atoms with Crippen LogP contribution in [-0.2, 0) is 16.2 Å². The van der Waals surface area contributed by atoms with E-state index in [9.17, 15) is 9.90 Å². The first-order chi connectivity index (χ1) is 12.0.